The smallest absolute Gasteiger partial charge is 0.128 e. The van der Waals surface area contributed by atoms with E-state index in [-0.39, 0.29) is 11.4 Å². The van der Waals surface area contributed by atoms with E-state index in [1.165, 1.54) is 6.07 Å². The lowest BCUT2D eigenvalue weighted by Crippen LogP contribution is -2.35. The number of hydrogen-bond acceptors (Lipinski definition) is 2. The van der Waals surface area contributed by atoms with Crippen molar-refractivity contribution < 1.29 is 4.39 Å². The minimum Gasteiger partial charge on any atom is -0.308 e. The number of aromatic nitrogens is 2. The standard InChI is InChI=1S/C16H22FN3/c1-12-8-19-20(10-12)11-14-7-13(5-6-15(14)17)9-18-16(2,3)4/h5-8,10,18H,9,11H2,1-4H3. The van der Waals surface area contributed by atoms with Crippen LogP contribution in [0.2, 0.25) is 0 Å². The van der Waals surface area contributed by atoms with Gasteiger partial charge in [-0.05, 0) is 51.0 Å². The molecule has 0 saturated carbocycles. The van der Waals surface area contributed by atoms with Crippen molar-refractivity contribution in [3.63, 3.8) is 0 Å². The van der Waals surface area contributed by atoms with Gasteiger partial charge in [-0.2, -0.15) is 5.10 Å². The van der Waals surface area contributed by atoms with Gasteiger partial charge < -0.3 is 5.32 Å². The summed E-state index contributed by atoms with van der Waals surface area (Å²) in [6.45, 7) is 9.51. The number of halogens is 1. The van der Waals surface area contributed by atoms with E-state index >= 15 is 0 Å². The number of aryl methyl sites for hydroxylation is 1. The van der Waals surface area contributed by atoms with Gasteiger partial charge in [-0.15, -0.1) is 0 Å². The second kappa shape index (κ2) is 5.75. The highest BCUT2D eigenvalue weighted by molar-refractivity contribution is 5.25. The van der Waals surface area contributed by atoms with Crippen molar-refractivity contribution >= 4 is 0 Å². The van der Waals surface area contributed by atoms with Crippen LogP contribution in [0.4, 0.5) is 4.39 Å². The van der Waals surface area contributed by atoms with Crippen molar-refractivity contribution in [2.75, 3.05) is 0 Å². The van der Waals surface area contributed by atoms with Crippen LogP contribution in [-0.4, -0.2) is 15.3 Å². The first-order chi connectivity index (χ1) is 9.33. The molecule has 1 aromatic heterocycles. The van der Waals surface area contributed by atoms with Crippen LogP contribution < -0.4 is 5.32 Å². The summed E-state index contributed by atoms with van der Waals surface area (Å²) in [5.74, 6) is -0.183. The Kier molecular flexibility index (Phi) is 4.23. The van der Waals surface area contributed by atoms with Crippen LogP contribution in [0.5, 0.6) is 0 Å². The number of hydrogen-bond donors (Lipinski definition) is 1. The Bertz CT molecular complexity index is 582. The topological polar surface area (TPSA) is 29.9 Å². The van der Waals surface area contributed by atoms with Gasteiger partial charge in [0.05, 0.1) is 12.7 Å². The van der Waals surface area contributed by atoms with Gasteiger partial charge in [-0.1, -0.05) is 6.07 Å². The molecule has 0 aliphatic rings. The quantitative estimate of drug-likeness (QED) is 0.928. The second-order valence-electron chi connectivity index (χ2n) is 6.24. The van der Waals surface area contributed by atoms with Gasteiger partial charge in [-0.25, -0.2) is 4.39 Å². The van der Waals surface area contributed by atoms with Crippen molar-refractivity contribution in [3.05, 3.63) is 53.1 Å². The van der Waals surface area contributed by atoms with Crippen LogP contribution in [0.15, 0.2) is 30.6 Å². The molecule has 0 bridgehead atoms. The lowest BCUT2D eigenvalue weighted by Gasteiger charge is -2.20. The third-order valence-corrected chi connectivity index (χ3v) is 3.03. The Morgan fingerprint density at radius 3 is 2.65 bits per heavy atom. The average Bonchev–Trinajstić information content (AvgIpc) is 2.75. The summed E-state index contributed by atoms with van der Waals surface area (Å²) in [4.78, 5) is 0. The average molecular weight is 275 g/mol. The van der Waals surface area contributed by atoms with Crippen LogP contribution in [0.3, 0.4) is 0 Å². The van der Waals surface area contributed by atoms with Crippen molar-refractivity contribution in [1.82, 2.24) is 15.1 Å². The Labute approximate surface area is 119 Å². The zero-order valence-corrected chi connectivity index (χ0v) is 12.6. The molecule has 0 aliphatic heterocycles. The molecule has 0 spiro atoms. The fourth-order valence-corrected chi connectivity index (χ4v) is 1.95. The maximum atomic E-state index is 13.9. The number of rotatable bonds is 4. The molecule has 108 valence electrons. The molecule has 1 N–H and O–H groups in total. The molecule has 3 nitrogen and oxygen atoms in total. The fourth-order valence-electron chi connectivity index (χ4n) is 1.95. The predicted octanol–water partition coefficient (Wildman–Crippen LogP) is 3.27. The summed E-state index contributed by atoms with van der Waals surface area (Å²) < 4.78 is 15.6. The monoisotopic (exact) mass is 275 g/mol. The van der Waals surface area contributed by atoms with Crippen LogP contribution in [0.1, 0.15) is 37.5 Å². The first-order valence-corrected chi connectivity index (χ1v) is 6.85. The first kappa shape index (κ1) is 14.7. The first-order valence-electron chi connectivity index (χ1n) is 6.85. The van der Waals surface area contributed by atoms with Crippen LogP contribution in [0, 0.1) is 12.7 Å². The molecule has 0 radical (unpaired) electrons. The molecule has 4 heteroatoms. The Morgan fingerprint density at radius 2 is 2.05 bits per heavy atom. The summed E-state index contributed by atoms with van der Waals surface area (Å²) in [7, 11) is 0. The molecule has 0 amide bonds. The van der Waals surface area contributed by atoms with Gasteiger partial charge in [0, 0.05) is 23.8 Å². The molecule has 1 aromatic carbocycles. The molecule has 0 atom stereocenters. The van der Waals surface area contributed by atoms with Gasteiger partial charge in [0.15, 0.2) is 0 Å². The van der Waals surface area contributed by atoms with E-state index in [2.05, 4.69) is 31.2 Å². The zero-order valence-electron chi connectivity index (χ0n) is 12.6. The lowest BCUT2D eigenvalue weighted by atomic mass is 10.1. The molecule has 0 unspecified atom stereocenters. The predicted molar refractivity (Wildman–Crippen MR) is 79.1 cm³/mol. The van der Waals surface area contributed by atoms with E-state index < -0.39 is 0 Å². The van der Waals surface area contributed by atoms with Gasteiger partial charge in [0.2, 0.25) is 0 Å². The Morgan fingerprint density at radius 1 is 1.30 bits per heavy atom. The Balaban J connectivity index is 2.12. The number of nitrogens with zero attached hydrogens (tertiary/aromatic N) is 2. The third kappa shape index (κ3) is 4.17. The molecule has 0 aliphatic carbocycles. The van der Waals surface area contributed by atoms with Crippen molar-refractivity contribution in [2.45, 2.75) is 46.3 Å². The normalized spacial score (nSPS) is 11.8. The van der Waals surface area contributed by atoms with Crippen LogP contribution in [0.25, 0.3) is 0 Å². The van der Waals surface area contributed by atoms with Gasteiger partial charge in [-0.3, -0.25) is 4.68 Å². The molecule has 1 heterocycles. The highest BCUT2D eigenvalue weighted by atomic mass is 19.1. The van der Waals surface area contributed by atoms with Crippen LogP contribution >= 0.6 is 0 Å². The summed E-state index contributed by atoms with van der Waals surface area (Å²) in [5, 5.41) is 7.61. The van der Waals surface area contributed by atoms with E-state index in [1.54, 1.807) is 10.9 Å². The van der Waals surface area contributed by atoms with E-state index in [9.17, 15) is 4.39 Å². The zero-order chi connectivity index (χ0) is 14.8. The SMILES string of the molecule is Cc1cnn(Cc2cc(CNC(C)(C)C)ccc2F)c1. The number of benzene rings is 1. The molecule has 2 rings (SSSR count). The molecule has 2 aromatic rings. The van der Waals surface area contributed by atoms with Crippen LogP contribution in [-0.2, 0) is 13.1 Å². The highest BCUT2D eigenvalue weighted by Gasteiger charge is 2.10. The lowest BCUT2D eigenvalue weighted by molar-refractivity contribution is 0.424. The summed E-state index contributed by atoms with van der Waals surface area (Å²) in [5.41, 5.74) is 2.88. The van der Waals surface area contributed by atoms with E-state index in [0.717, 1.165) is 17.7 Å². The minimum atomic E-state index is -0.183. The van der Waals surface area contributed by atoms with E-state index in [1.807, 2.05) is 25.3 Å². The summed E-state index contributed by atoms with van der Waals surface area (Å²) >= 11 is 0. The van der Waals surface area contributed by atoms with Crippen molar-refractivity contribution in [1.29, 1.82) is 0 Å². The number of nitrogens with one attached hydrogen (secondary N) is 1. The summed E-state index contributed by atoms with van der Waals surface area (Å²) in [6.07, 6.45) is 3.70. The summed E-state index contributed by atoms with van der Waals surface area (Å²) in [6, 6.07) is 5.27. The maximum Gasteiger partial charge on any atom is 0.128 e. The highest BCUT2D eigenvalue weighted by Crippen LogP contribution is 2.13. The molecule has 0 saturated heterocycles. The Hall–Kier alpha value is -1.68. The maximum absolute atomic E-state index is 13.9. The minimum absolute atomic E-state index is 0.0493. The fraction of sp³-hybridized carbons (Fsp3) is 0.438. The van der Waals surface area contributed by atoms with Crippen molar-refractivity contribution in [2.24, 2.45) is 0 Å². The van der Waals surface area contributed by atoms with Crippen molar-refractivity contribution in [3.8, 4) is 0 Å². The molecular weight excluding hydrogens is 253 g/mol. The van der Waals surface area contributed by atoms with E-state index in [4.69, 9.17) is 0 Å². The molecular formula is C16H22FN3. The molecule has 20 heavy (non-hydrogen) atoms. The van der Waals surface area contributed by atoms with Gasteiger partial charge in [0.1, 0.15) is 5.82 Å². The van der Waals surface area contributed by atoms with Gasteiger partial charge in [0.25, 0.3) is 0 Å². The largest absolute Gasteiger partial charge is 0.308 e. The molecule has 0 fully saturated rings. The third-order valence-electron chi connectivity index (χ3n) is 3.03. The van der Waals surface area contributed by atoms with Gasteiger partial charge >= 0.3 is 0 Å². The van der Waals surface area contributed by atoms with E-state index in [0.29, 0.717) is 12.1 Å². The second-order valence-corrected chi connectivity index (χ2v) is 6.24.